The number of anilines is 1. The zero-order valence-electron chi connectivity index (χ0n) is 13.9. The average Bonchev–Trinajstić information content (AvgIpc) is 2.64. The van der Waals surface area contributed by atoms with E-state index in [0.717, 1.165) is 24.5 Å². The molecule has 0 N–H and O–H groups in total. The third-order valence-corrected chi connectivity index (χ3v) is 4.69. The highest BCUT2D eigenvalue weighted by atomic mass is 35.5. The molecule has 132 valence electrons. The summed E-state index contributed by atoms with van der Waals surface area (Å²) in [7, 11) is 1.74. The normalized spacial score (nSPS) is 14.4. The summed E-state index contributed by atoms with van der Waals surface area (Å²) < 4.78 is 5.34. The lowest BCUT2D eigenvalue weighted by Crippen LogP contribution is -2.36. The first kappa shape index (κ1) is 18.0. The van der Waals surface area contributed by atoms with Gasteiger partial charge in [0.25, 0.3) is 5.91 Å². The summed E-state index contributed by atoms with van der Waals surface area (Å²) in [6.07, 6.45) is 1.62. The van der Waals surface area contributed by atoms with Crippen molar-refractivity contribution < 1.29 is 9.53 Å². The first-order chi connectivity index (χ1) is 12.0. The van der Waals surface area contributed by atoms with E-state index in [4.69, 9.17) is 27.9 Å². The number of amides is 1. The molecule has 1 aliphatic rings. The van der Waals surface area contributed by atoms with Crippen molar-refractivity contribution in [1.29, 1.82) is 0 Å². The van der Waals surface area contributed by atoms with E-state index in [1.807, 2.05) is 12.1 Å². The second-order valence-corrected chi connectivity index (χ2v) is 6.75. The molecule has 1 aliphatic heterocycles. The van der Waals surface area contributed by atoms with Gasteiger partial charge in [0.2, 0.25) is 0 Å². The molecule has 1 aromatic carbocycles. The van der Waals surface area contributed by atoms with Crippen LogP contribution in [-0.2, 0) is 11.3 Å². The molecule has 1 aromatic heterocycles. The van der Waals surface area contributed by atoms with Gasteiger partial charge >= 0.3 is 0 Å². The number of ether oxygens (including phenoxy) is 1. The molecule has 0 unspecified atom stereocenters. The smallest absolute Gasteiger partial charge is 0.255 e. The number of carbonyl (C=O) groups excluding carboxylic acids is 1. The van der Waals surface area contributed by atoms with E-state index >= 15 is 0 Å². The van der Waals surface area contributed by atoms with Gasteiger partial charge in [-0.15, -0.1) is 0 Å². The van der Waals surface area contributed by atoms with Gasteiger partial charge in [0.15, 0.2) is 0 Å². The van der Waals surface area contributed by atoms with E-state index in [1.165, 1.54) is 0 Å². The van der Waals surface area contributed by atoms with E-state index in [2.05, 4.69) is 9.88 Å². The molecule has 2 heterocycles. The Kier molecular flexibility index (Phi) is 5.78. The van der Waals surface area contributed by atoms with Gasteiger partial charge in [-0.05, 0) is 29.8 Å². The fourth-order valence-electron chi connectivity index (χ4n) is 2.69. The summed E-state index contributed by atoms with van der Waals surface area (Å²) in [5.41, 5.74) is 1.39. The van der Waals surface area contributed by atoms with Crippen molar-refractivity contribution in [2.75, 3.05) is 38.3 Å². The van der Waals surface area contributed by atoms with Crippen LogP contribution in [0.25, 0.3) is 0 Å². The van der Waals surface area contributed by atoms with Crippen LogP contribution in [0.2, 0.25) is 10.0 Å². The van der Waals surface area contributed by atoms with Gasteiger partial charge in [-0.25, -0.2) is 4.98 Å². The lowest BCUT2D eigenvalue weighted by molar-refractivity contribution is 0.0784. The minimum absolute atomic E-state index is 0.105. The van der Waals surface area contributed by atoms with Crippen molar-refractivity contribution in [2.24, 2.45) is 0 Å². The zero-order valence-corrected chi connectivity index (χ0v) is 15.4. The molecule has 25 heavy (non-hydrogen) atoms. The van der Waals surface area contributed by atoms with Crippen LogP contribution in [0, 0.1) is 0 Å². The minimum atomic E-state index is -0.105. The standard InChI is InChI=1S/C18H19Cl2N3O2/c1-22(12-14-2-4-15(19)10-16(14)20)18(24)13-3-5-17(21-11-13)23-6-8-25-9-7-23/h2-5,10-11H,6-9,12H2,1H3. The largest absolute Gasteiger partial charge is 0.378 e. The molecule has 0 saturated carbocycles. The van der Waals surface area contributed by atoms with E-state index in [0.29, 0.717) is 35.4 Å². The molecule has 3 rings (SSSR count). The van der Waals surface area contributed by atoms with Gasteiger partial charge in [-0.1, -0.05) is 29.3 Å². The highest BCUT2D eigenvalue weighted by Gasteiger charge is 2.16. The fraction of sp³-hybridized carbons (Fsp3) is 0.333. The van der Waals surface area contributed by atoms with Crippen LogP contribution in [0.3, 0.4) is 0 Å². The average molecular weight is 380 g/mol. The molecule has 0 bridgehead atoms. The van der Waals surface area contributed by atoms with E-state index < -0.39 is 0 Å². The van der Waals surface area contributed by atoms with Crippen LogP contribution in [0.1, 0.15) is 15.9 Å². The topological polar surface area (TPSA) is 45.7 Å². The summed E-state index contributed by atoms with van der Waals surface area (Å²) >= 11 is 12.1. The summed E-state index contributed by atoms with van der Waals surface area (Å²) in [4.78, 5) is 20.8. The monoisotopic (exact) mass is 379 g/mol. The van der Waals surface area contributed by atoms with Crippen molar-refractivity contribution in [3.8, 4) is 0 Å². The number of benzene rings is 1. The van der Waals surface area contributed by atoms with Crippen LogP contribution in [0.5, 0.6) is 0 Å². The van der Waals surface area contributed by atoms with Crippen LogP contribution in [0.15, 0.2) is 36.5 Å². The molecule has 2 aromatic rings. The van der Waals surface area contributed by atoms with E-state index in [1.54, 1.807) is 36.3 Å². The Morgan fingerprint density at radius 2 is 2.00 bits per heavy atom. The minimum Gasteiger partial charge on any atom is -0.378 e. The number of morpholine rings is 1. The summed E-state index contributed by atoms with van der Waals surface area (Å²) in [6.45, 7) is 3.43. The lowest BCUT2D eigenvalue weighted by atomic mass is 10.2. The highest BCUT2D eigenvalue weighted by molar-refractivity contribution is 6.35. The van der Waals surface area contributed by atoms with Crippen LogP contribution in [-0.4, -0.2) is 49.1 Å². The molecule has 1 saturated heterocycles. The van der Waals surface area contributed by atoms with Gasteiger partial charge in [0.1, 0.15) is 5.82 Å². The van der Waals surface area contributed by atoms with E-state index in [9.17, 15) is 4.79 Å². The van der Waals surface area contributed by atoms with Crippen LogP contribution < -0.4 is 4.90 Å². The number of hydrogen-bond acceptors (Lipinski definition) is 4. The Labute approximate surface area is 157 Å². The predicted octanol–water partition coefficient (Wildman–Crippen LogP) is 3.50. The Balaban J connectivity index is 1.67. The van der Waals surface area contributed by atoms with E-state index in [-0.39, 0.29) is 5.91 Å². The maximum absolute atomic E-state index is 12.6. The molecule has 1 amide bonds. The van der Waals surface area contributed by atoms with Gasteiger partial charge in [-0.3, -0.25) is 4.79 Å². The molecule has 7 heteroatoms. The number of carbonyl (C=O) groups is 1. The maximum Gasteiger partial charge on any atom is 0.255 e. The molecular formula is C18H19Cl2N3O2. The molecule has 0 spiro atoms. The fourth-order valence-corrected chi connectivity index (χ4v) is 3.16. The predicted molar refractivity (Wildman–Crippen MR) is 99.5 cm³/mol. The lowest BCUT2D eigenvalue weighted by Gasteiger charge is -2.27. The molecular weight excluding hydrogens is 361 g/mol. The Morgan fingerprint density at radius 3 is 2.64 bits per heavy atom. The summed E-state index contributed by atoms with van der Waals surface area (Å²) in [5.74, 6) is 0.760. The first-order valence-corrected chi connectivity index (χ1v) is 8.78. The van der Waals surface area contributed by atoms with Gasteiger partial charge < -0.3 is 14.5 Å². The number of hydrogen-bond donors (Lipinski definition) is 0. The number of halogens is 2. The molecule has 5 nitrogen and oxygen atoms in total. The van der Waals surface area contributed by atoms with Crippen LogP contribution >= 0.6 is 23.2 Å². The molecule has 0 radical (unpaired) electrons. The van der Waals surface area contributed by atoms with Crippen molar-refractivity contribution in [1.82, 2.24) is 9.88 Å². The third kappa shape index (κ3) is 4.42. The number of aromatic nitrogens is 1. The van der Waals surface area contributed by atoms with Gasteiger partial charge in [-0.2, -0.15) is 0 Å². The summed E-state index contributed by atoms with van der Waals surface area (Å²) in [5, 5.41) is 1.12. The van der Waals surface area contributed by atoms with Gasteiger partial charge in [0, 0.05) is 42.9 Å². The summed E-state index contributed by atoms with van der Waals surface area (Å²) in [6, 6.07) is 8.95. The zero-order chi connectivity index (χ0) is 17.8. The van der Waals surface area contributed by atoms with Crippen molar-refractivity contribution in [3.05, 3.63) is 57.7 Å². The van der Waals surface area contributed by atoms with Gasteiger partial charge in [0.05, 0.1) is 18.8 Å². The second-order valence-electron chi connectivity index (χ2n) is 5.90. The number of nitrogens with zero attached hydrogens (tertiary/aromatic N) is 3. The molecule has 0 atom stereocenters. The Hall–Kier alpha value is -1.82. The Bertz CT molecular complexity index is 746. The maximum atomic E-state index is 12.6. The number of pyridine rings is 1. The van der Waals surface area contributed by atoms with Crippen LogP contribution in [0.4, 0.5) is 5.82 Å². The third-order valence-electron chi connectivity index (χ3n) is 4.10. The molecule has 0 aliphatic carbocycles. The molecule has 1 fully saturated rings. The highest BCUT2D eigenvalue weighted by Crippen LogP contribution is 2.22. The second kappa shape index (κ2) is 8.04. The quantitative estimate of drug-likeness (QED) is 0.815. The Morgan fingerprint density at radius 1 is 1.24 bits per heavy atom. The SMILES string of the molecule is CN(Cc1ccc(Cl)cc1Cl)C(=O)c1ccc(N2CCOCC2)nc1. The number of rotatable bonds is 4. The van der Waals surface area contributed by atoms with Crippen molar-refractivity contribution in [2.45, 2.75) is 6.54 Å². The van der Waals surface area contributed by atoms with Crippen molar-refractivity contribution >= 4 is 34.9 Å². The first-order valence-electron chi connectivity index (χ1n) is 8.03. The van der Waals surface area contributed by atoms with Crippen molar-refractivity contribution in [3.63, 3.8) is 0 Å².